The molecule has 0 radical (unpaired) electrons. The van der Waals surface area contributed by atoms with E-state index in [9.17, 15) is 4.79 Å². The molecule has 0 heterocycles. The maximum Gasteiger partial charge on any atom is 0.423 e. The van der Waals surface area contributed by atoms with Crippen LogP contribution in [0.1, 0.15) is 5.56 Å². The van der Waals surface area contributed by atoms with E-state index in [1.165, 1.54) is 0 Å². The summed E-state index contributed by atoms with van der Waals surface area (Å²) in [5.74, 6) is 0. The van der Waals surface area contributed by atoms with Crippen LogP contribution in [0.25, 0.3) is 0 Å². The number of aliphatic hydroxyl groups is 1. The molecule has 70 valence electrons. The van der Waals surface area contributed by atoms with Gasteiger partial charge in [0.15, 0.2) is 0 Å². The Hall–Kier alpha value is -1.75. The minimum atomic E-state index is -1.15. The van der Waals surface area contributed by atoms with Crippen LogP contribution in [0.5, 0.6) is 0 Å². The first-order valence-corrected chi connectivity index (χ1v) is 3.67. The highest BCUT2D eigenvalue weighted by atomic mass is 16.4. The lowest BCUT2D eigenvalue weighted by Crippen LogP contribution is -2.27. The van der Waals surface area contributed by atoms with E-state index >= 15 is 0 Å². The van der Waals surface area contributed by atoms with Crippen molar-refractivity contribution in [3.8, 4) is 0 Å². The predicted octanol–water partition coefficient (Wildman–Crippen LogP) is 0.773. The maximum absolute atomic E-state index is 10.1. The van der Waals surface area contributed by atoms with Crippen LogP contribution < -0.4 is 10.9 Å². The molecule has 0 aromatic heterocycles. The van der Waals surface area contributed by atoms with Crippen LogP contribution in [0.15, 0.2) is 24.3 Å². The molecule has 0 saturated heterocycles. The fourth-order valence-corrected chi connectivity index (χ4v) is 0.819. The number of hydrogen-bond acceptors (Lipinski definition) is 3. The Morgan fingerprint density at radius 1 is 1.31 bits per heavy atom. The highest BCUT2D eigenvalue weighted by Crippen LogP contribution is 2.07. The number of rotatable bonds is 3. The third-order valence-electron chi connectivity index (χ3n) is 1.45. The number of benzene rings is 1. The average molecular weight is 182 g/mol. The maximum atomic E-state index is 10.1. The first kappa shape index (κ1) is 9.34. The standard InChI is InChI=1S/C8H10N2O3/c11-5-6-1-3-7(4-2-6)9-10-8(12)13/h1-4,9-11H,5H2,(H,12,13). The molecule has 0 aliphatic heterocycles. The summed E-state index contributed by atoms with van der Waals surface area (Å²) in [6.45, 7) is -0.0212. The highest BCUT2D eigenvalue weighted by Gasteiger charge is 1.94. The second kappa shape index (κ2) is 4.32. The van der Waals surface area contributed by atoms with E-state index in [1.54, 1.807) is 24.3 Å². The van der Waals surface area contributed by atoms with E-state index in [1.807, 2.05) is 5.43 Å². The first-order chi connectivity index (χ1) is 6.22. The summed E-state index contributed by atoms with van der Waals surface area (Å²) in [4.78, 5) is 10.1. The third kappa shape index (κ3) is 3.00. The van der Waals surface area contributed by atoms with E-state index in [4.69, 9.17) is 10.2 Å². The lowest BCUT2D eigenvalue weighted by molar-refractivity contribution is 0.197. The fourth-order valence-electron chi connectivity index (χ4n) is 0.819. The summed E-state index contributed by atoms with van der Waals surface area (Å²) >= 11 is 0. The van der Waals surface area contributed by atoms with Crippen molar-refractivity contribution in [2.24, 2.45) is 0 Å². The lowest BCUT2D eigenvalue weighted by Gasteiger charge is -2.05. The number of carboxylic acid groups (broad SMARTS) is 1. The van der Waals surface area contributed by atoms with E-state index in [0.717, 1.165) is 5.56 Å². The van der Waals surface area contributed by atoms with E-state index in [2.05, 4.69) is 5.43 Å². The van der Waals surface area contributed by atoms with Crippen molar-refractivity contribution >= 4 is 11.8 Å². The molecule has 0 unspecified atom stereocenters. The van der Waals surface area contributed by atoms with Crippen molar-refractivity contribution in [1.82, 2.24) is 5.43 Å². The Bertz CT molecular complexity index is 284. The van der Waals surface area contributed by atoms with E-state index < -0.39 is 6.09 Å². The van der Waals surface area contributed by atoms with Gasteiger partial charge in [-0.1, -0.05) is 12.1 Å². The van der Waals surface area contributed by atoms with E-state index in [-0.39, 0.29) is 6.61 Å². The van der Waals surface area contributed by atoms with Crippen molar-refractivity contribution in [1.29, 1.82) is 0 Å². The quantitative estimate of drug-likeness (QED) is 0.520. The molecule has 5 heteroatoms. The topological polar surface area (TPSA) is 81.6 Å². The van der Waals surface area contributed by atoms with Crippen LogP contribution in [0.2, 0.25) is 0 Å². The number of aliphatic hydroxyl groups excluding tert-OH is 1. The molecule has 1 aromatic rings. The zero-order valence-corrected chi connectivity index (χ0v) is 6.82. The van der Waals surface area contributed by atoms with Gasteiger partial charge >= 0.3 is 6.09 Å². The summed E-state index contributed by atoms with van der Waals surface area (Å²) in [6, 6.07) is 6.74. The molecule has 1 aromatic carbocycles. The van der Waals surface area contributed by atoms with Crippen LogP contribution in [0.3, 0.4) is 0 Å². The van der Waals surface area contributed by atoms with E-state index in [0.29, 0.717) is 5.69 Å². The average Bonchev–Trinajstić information content (AvgIpc) is 2.15. The minimum Gasteiger partial charge on any atom is -0.464 e. The van der Waals surface area contributed by atoms with Crippen LogP contribution in [-0.4, -0.2) is 16.3 Å². The monoisotopic (exact) mass is 182 g/mol. The van der Waals surface area contributed by atoms with Crippen molar-refractivity contribution in [2.75, 3.05) is 5.43 Å². The van der Waals surface area contributed by atoms with Gasteiger partial charge in [0, 0.05) is 0 Å². The highest BCUT2D eigenvalue weighted by molar-refractivity contribution is 5.66. The normalized spacial score (nSPS) is 9.31. The SMILES string of the molecule is O=C(O)NNc1ccc(CO)cc1. The summed E-state index contributed by atoms with van der Waals surface area (Å²) in [7, 11) is 0. The van der Waals surface area contributed by atoms with Crippen molar-refractivity contribution in [2.45, 2.75) is 6.61 Å². The third-order valence-corrected chi connectivity index (χ3v) is 1.45. The van der Waals surface area contributed by atoms with Crippen molar-refractivity contribution in [3.63, 3.8) is 0 Å². The molecule has 0 aliphatic rings. The molecule has 0 bridgehead atoms. The van der Waals surface area contributed by atoms with Gasteiger partial charge in [-0.15, -0.1) is 0 Å². The lowest BCUT2D eigenvalue weighted by atomic mass is 10.2. The zero-order chi connectivity index (χ0) is 9.68. The van der Waals surface area contributed by atoms with Gasteiger partial charge in [-0.25, -0.2) is 10.2 Å². The van der Waals surface area contributed by atoms with Gasteiger partial charge in [0.1, 0.15) is 0 Å². The fraction of sp³-hybridized carbons (Fsp3) is 0.125. The number of amides is 1. The molecule has 0 saturated carbocycles. The smallest absolute Gasteiger partial charge is 0.423 e. The summed E-state index contributed by atoms with van der Waals surface area (Å²) in [5.41, 5.74) is 5.87. The molecular formula is C8H10N2O3. The van der Waals surface area contributed by atoms with Crippen molar-refractivity contribution < 1.29 is 15.0 Å². The van der Waals surface area contributed by atoms with Gasteiger partial charge in [0.2, 0.25) is 0 Å². The van der Waals surface area contributed by atoms with Crippen LogP contribution in [-0.2, 0) is 6.61 Å². The molecule has 0 aliphatic carbocycles. The number of nitrogens with one attached hydrogen (secondary N) is 2. The number of anilines is 1. The van der Waals surface area contributed by atoms with Gasteiger partial charge in [-0.05, 0) is 17.7 Å². The molecule has 0 fully saturated rings. The second-order valence-electron chi connectivity index (χ2n) is 2.41. The van der Waals surface area contributed by atoms with Crippen molar-refractivity contribution in [3.05, 3.63) is 29.8 Å². The largest absolute Gasteiger partial charge is 0.464 e. The Kier molecular flexibility index (Phi) is 3.10. The number of hydrazine groups is 1. The van der Waals surface area contributed by atoms with Crippen LogP contribution in [0, 0.1) is 0 Å². The molecule has 1 amide bonds. The summed E-state index contributed by atoms with van der Waals surface area (Å²) in [6.07, 6.45) is -1.15. The Morgan fingerprint density at radius 2 is 1.92 bits per heavy atom. The summed E-state index contributed by atoms with van der Waals surface area (Å²) < 4.78 is 0. The molecule has 0 spiro atoms. The molecular weight excluding hydrogens is 172 g/mol. The van der Waals surface area contributed by atoms with Gasteiger partial charge < -0.3 is 10.2 Å². The Balaban J connectivity index is 2.54. The Labute approximate surface area is 75.0 Å². The molecule has 1 rings (SSSR count). The molecule has 0 atom stereocenters. The zero-order valence-electron chi connectivity index (χ0n) is 6.82. The predicted molar refractivity (Wildman–Crippen MR) is 47.1 cm³/mol. The molecule has 4 N–H and O–H groups in total. The van der Waals surface area contributed by atoms with Crippen LogP contribution in [0.4, 0.5) is 10.5 Å². The van der Waals surface area contributed by atoms with Gasteiger partial charge in [-0.2, -0.15) is 0 Å². The van der Waals surface area contributed by atoms with Gasteiger partial charge in [0.05, 0.1) is 12.3 Å². The molecule has 13 heavy (non-hydrogen) atoms. The van der Waals surface area contributed by atoms with Gasteiger partial charge in [-0.3, -0.25) is 5.43 Å². The van der Waals surface area contributed by atoms with Gasteiger partial charge in [0.25, 0.3) is 0 Å². The van der Waals surface area contributed by atoms with Crippen LogP contribution >= 0.6 is 0 Å². The number of hydrogen-bond donors (Lipinski definition) is 4. The first-order valence-electron chi connectivity index (χ1n) is 3.67. The minimum absolute atomic E-state index is 0.0212. The number of carbonyl (C=O) groups is 1. The molecule has 5 nitrogen and oxygen atoms in total. The second-order valence-corrected chi connectivity index (χ2v) is 2.41. The Morgan fingerprint density at radius 3 is 2.38 bits per heavy atom. The summed E-state index contributed by atoms with van der Waals surface area (Å²) in [5, 5.41) is 17.0.